The molecule has 0 bridgehead atoms. The quantitative estimate of drug-likeness (QED) is 0.553. The molecule has 6 heteroatoms. The highest BCUT2D eigenvalue weighted by Crippen LogP contribution is 2.47. The summed E-state index contributed by atoms with van der Waals surface area (Å²) >= 11 is 0. The van der Waals surface area contributed by atoms with E-state index in [9.17, 15) is 14.4 Å². The fourth-order valence-electron chi connectivity index (χ4n) is 4.72. The SMILES string of the molecule is CCC1=C(Cc2ccccc2-c2ccccc2)C2C=CC=C(OCC(=O)O)C2=C1C(=O)C(N)=O. The number of amides is 1. The van der Waals surface area contributed by atoms with Crippen molar-refractivity contribution in [2.75, 3.05) is 6.61 Å². The number of benzene rings is 2. The molecule has 0 aliphatic heterocycles. The lowest BCUT2D eigenvalue weighted by Crippen LogP contribution is -2.26. The lowest BCUT2D eigenvalue weighted by Gasteiger charge is -2.22. The van der Waals surface area contributed by atoms with Gasteiger partial charge >= 0.3 is 5.97 Å². The van der Waals surface area contributed by atoms with Crippen molar-refractivity contribution in [1.29, 1.82) is 0 Å². The zero-order chi connectivity index (χ0) is 24.2. The molecular weight excluding hydrogens is 430 g/mol. The van der Waals surface area contributed by atoms with Crippen LogP contribution >= 0.6 is 0 Å². The number of carboxylic acid groups (broad SMARTS) is 1. The average molecular weight is 456 g/mol. The first-order valence-electron chi connectivity index (χ1n) is 11.1. The number of primary amides is 1. The zero-order valence-electron chi connectivity index (χ0n) is 18.8. The number of fused-ring (bicyclic) bond motifs is 1. The smallest absolute Gasteiger partial charge is 0.341 e. The van der Waals surface area contributed by atoms with E-state index in [0.717, 1.165) is 27.8 Å². The lowest BCUT2D eigenvalue weighted by molar-refractivity contribution is -0.140. The van der Waals surface area contributed by atoms with Crippen LogP contribution in [0.2, 0.25) is 0 Å². The van der Waals surface area contributed by atoms with Crippen molar-refractivity contribution in [3.8, 4) is 11.1 Å². The maximum absolute atomic E-state index is 12.9. The summed E-state index contributed by atoms with van der Waals surface area (Å²) in [4.78, 5) is 36.0. The van der Waals surface area contributed by atoms with Crippen LogP contribution in [0.25, 0.3) is 11.1 Å². The lowest BCUT2D eigenvalue weighted by atomic mass is 9.85. The van der Waals surface area contributed by atoms with E-state index >= 15 is 0 Å². The van der Waals surface area contributed by atoms with E-state index in [0.29, 0.717) is 18.4 Å². The highest BCUT2D eigenvalue weighted by Gasteiger charge is 2.39. The van der Waals surface area contributed by atoms with E-state index in [1.165, 1.54) is 0 Å². The Morgan fingerprint density at radius 1 is 1.03 bits per heavy atom. The molecule has 34 heavy (non-hydrogen) atoms. The van der Waals surface area contributed by atoms with Gasteiger partial charge in [-0.05, 0) is 41.2 Å². The largest absolute Gasteiger partial charge is 0.482 e. The van der Waals surface area contributed by atoms with E-state index in [1.54, 1.807) is 12.2 Å². The van der Waals surface area contributed by atoms with Crippen LogP contribution in [0.5, 0.6) is 0 Å². The monoisotopic (exact) mass is 455 g/mol. The molecule has 0 aromatic heterocycles. The molecule has 3 N–H and O–H groups in total. The molecule has 4 rings (SSSR count). The molecule has 0 fully saturated rings. The third kappa shape index (κ3) is 4.35. The summed E-state index contributed by atoms with van der Waals surface area (Å²) in [5.41, 5.74) is 11.1. The Morgan fingerprint density at radius 2 is 1.74 bits per heavy atom. The summed E-state index contributed by atoms with van der Waals surface area (Å²) in [5.74, 6) is -3.01. The topological polar surface area (TPSA) is 107 Å². The maximum atomic E-state index is 12.9. The number of Topliss-reactive ketones (excluding diaryl/α,β-unsaturated/α-hetero) is 1. The number of carbonyl (C=O) groups excluding carboxylic acids is 2. The summed E-state index contributed by atoms with van der Waals surface area (Å²) in [5, 5.41) is 9.09. The molecule has 0 spiro atoms. The number of hydrogen-bond acceptors (Lipinski definition) is 4. The molecule has 0 radical (unpaired) electrons. The minimum atomic E-state index is -1.13. The Labute approximate surface area is 197 Å². The van der Waals surface area contributed by atoms with Crippen molar-refractivity contribution in [2.45, 2.75) is 19.8 Å². The van der Waals surface area contributed by atoms with E-state index in [1.807, 2.05) is 43.3 Å². The summed E-state index contributed by atoms with van der Waals surface area (Å²) in [6.07, 6.45) is 6.42. The minimum absolute atomic E-state index is 0.230. The first-order valence-corrected chi connectivity index (χ1v) is 11.1. The second kappa shape index (κ2) is 9.75. The molecule has 1 amide bonds. The summed E-state index contributed by atoms with van der Waals surface area (Å²) in [6, 6.07) is 18.1. The molecule has 0 heterocycles. The van der Waals surface area contributed by atoms with Gasteiger partial charge in [-0.25, -0.2) is 4.79 Å². The Balaban J connectivity index is 1.81. The van der Waals surface area contributed by atoms with Gasteiger partial charge in [0.1, 0.15) is 5.76 Å². The number of aliphatic carboxylic acids is 1. The molecule has 0 saturated carbocycles. The van der Waals surface area contributed by atoms with Crippen LogP contribution in [0.4, 0.5) is 0 Å². The Morgan fingerprint density at radius 3 is 2.41 bits per heavy atom. The van der Waals surface area contributed by atoms with Crippen LogP contribution in [0.3, 0.4) is 0 Å². The van der Waals surface area contributed by atoms with Crippen LogP contribution in [-0.4, -0.2) is 29.4 Å². The van der Waals surface area contributed by atoms with Crippen molar-refractivity contribution >= 4 is 17.7 Å². The van der Waals surface area contributed by atoms with Gasteiger partial charge < -0.3 is 15.6 Å². The number of rotatable bonds is 9. The number of carbonyl (C=O) groups is 3. The van der Waals surface area contributed by atoms with E-state index in [4.69, 9.17) is 15.6 Å². The molecule has 2 aliphatic rings. The van der Waals surface area contributed by atoms with Gasteiger partial charge in [-0.1, -0.05) is 79.2 Å². The molecule has 2 aromatic carbocycles. The molecule has 6 nitrogen and oxygen atoms in total. The van der Waals surface area contributed by atoms with Gasteiger partial charge in [-0.3, -0.25) is 9.59 Å². The molecular formula is C28H25NO5. The van der Waals surface area contributed by atoms with Crippen molar-refractivity contribution in [2.24, 2.45) is 11.7 Å². The Kier molecular flexibility index (Phi) is 6.59. The molecule has 0 saturated heterocycles. The number of hydrogen-bond donors (Lipinski definition) is 2. The van der Waals surface area contributed by atoms with Gasteiger partial charge in [0.2, 0.25) is 0 Å². The first kappa shape index (κ1) is 23.0. The van der Waals surface area contributed by atoms with E-state index < -0.39 is 24.3 Å². The van der Waals surface area contributed by atoms with Crippen molar-refractivity contribution in [1.82, 2.24) is 0 Å². The van der Waals surface area contributed by atoms with Crippen molar-refractivity contribution in [3.05, 3.63) is 106 Å². The molecule has 1 atom stereocenters. The predicted molar refractivity (Wildman–Crippen MR) is 128 cm³/mol. The van der Waals surface area contributed by atoms with Gasteiger partial charge in [0.15, 0.2) is 6.61 Å². The van der Waals surface area contributed by atoms with Gasteiger partial charge in [0.05, 0.1) is 0 Å². The summed E-state index contributed by atoms with van der Waals surface area (Å²) in [6.45, 7) is 1.37. The first-order chi connectivity index (χ1) is 16.4. The number of ether oxygens (including phenoxy) is 1. The van der Waals surface area contributed by atoms with Crippen molar-refractivity contribution < 1.29 is 24.2 Å². The number of allylic oxidation sites excluding steroid dienone is 6. The predicted octanol–water partition coefficient (Wildman–Crippen LogP) is 4.14. The van der Waals surface area contributed by atoms with Gasteiger partial charge in [-0.15, -0.1) is 0 Å². The summed E-state index contributed by atoms with van der Waals surface area (Å²) in [7, 11) is 0. The molecule has 2 aromatic rings. The Bertz CT molecular complexity index is 1280. The van der Waals surface area contributed by atoms with Crippen LogP contribution in [0.1, 0.15) is 18.9 Å². The average Bonchev–Trinajstić information content (AvgIpc) is 3.16. The maximum Gasteiger partial charge on any atom is 0.341 e. The summed E-state index contributed by atoms with van der Waals surface area (Å²) < 4.78 is 5.52. The molecule has 1 unspecified atom stereocenters. The van der Waals surface area contributed by atoms with Crippen LogP contribution in [0.15, 0.2) is 101 Å². The number of ketones is 1. The third-order valence-corrected chi connectivity index (χ3v) is 6.10. The second-order valence-electron chi connectivity index (χ2n) is 8.12. The normalized spacial score (nSPS) is 16.9. The van der Waals surface area contributed by atoms with Crippen LogP contribution in [-0.2, 0) is 25.5 Å². The van der Waals surface area contributed by atoms with Gasteiger partial charge in [0, 0.05) is 17.1 Å². The highest BCUT2D eigenvalue weighted by atomic mass is 16.5. The molecule has 172 valence electrons. The fraction of sp³-hybridized carbons (Fsp3) is 0.179. The number of nitrogens with two attached hydrogens (primary N) is 1. The standard InChI is InChI=1S/C28H25NO5/c1-2-19-22(15-18-11-6-7-12-20(18)17-9-4-3-5-10-17)21-13-8-14-23(34-16-24(30)31)25(21)26(19)27(32)28(29)33/h3-14,21H,2,15-16H2,1H3,(H2,29,33)(H,30,31). The highest BCUT2D eigenvalue weighted by molar-refractivity contribution is 6.43. The molecule has 2 aliphatic carbocycles. The van der Waals surface area contributed by atoms with Crippen molar-refractivity contribution in [3.63, 3.8) is 0 Å². The Hall–Kier alpha value is -4.19. The van der Waals surface area contributed by atoms with E-state index in [-0.39, 0.29) is 17.3 Å². The van der Waals surface area contributed by atoms with Crippen LogP contribution in [0, 0.1) is 5.92 Å². The zero-order valence-corrected chi connectivity index (χ0v) is 18.8. The van der Waals surface area contributed by atoms with Gasteiger partial charge in [0.25, 0.3) is 11.7 Å². The van der Waals surface area contributed by atoms with Crippen LogP contribution < -0.4 is 5.73 Å². The second-order valence-corrected chi connectivity index (χ2v) is 8.12. The third-order valence-electron chi connectivity index (χ3n) is 6.10. The number of carboxylic acids is 1. The van der Waals surface area contributed by atoms with E-state index in [2.05, 4.69) is 24.3 Å². The van der Waals surface area contributed by atoms with Gasteiger partial charge in [-0.2, -0.15) is 0 Å². The fourth-order valence-corrected chi connectivity index (χ4v) is 4.72. The minimum Gasteiger partial charge on any atom is -0.482 e.